The molecule has 0 bridgehead atoms. The zero-order chi connectivity index (χ0) is 16.2. The Hall–Kier alpha value is -2.54. The molecule has 7 heteroatoms. The summed E-state index contributed by atoms with van der Waals surface area (Å²) in [5.74, 6) is -0.668. The van der Waals surface area contributed by atoms with Crippen molar-refractivity contribution >= 4 is 34.2 Å². The van der Waals surface area contributed by atoms with Gasteiger partial charge in [-0.05, 0) is 0 Å². The topological polar surface area (TPSA) is 79.4 Å². The number of hydrogen-bond donors (Lipinski definition) is 1. The number of nitrogens with zero attached hydrogens (tertiary/aromatic N) is 2. The van der Waals surface area contributed by atoms with Crippen LogP contribution in [0, 0.1) is 0 Å². The molecule has 0 atom stereocenters. The van der Waals surface area contributed by atoms with Gasteiger partial charge >= 0.3 is 0 Å². The smallest absolute Gasteiger partial charge is 0.229 e. The van der Waals surface area contributed by atoms with Crippen molar-refractivity contribution in [3.63, 3.8) is 0 Å². The van der Waals surface area contributed by atoms with E-state index in [1.54, 1.807) is 0 Å². The van der Waals surface area contributed by atoms with Crippen LogP contribution in [0.3, 0.4) is 0 Å². The number of hydrogen-bond acceptors (Lipinski definition) is 5. The monoisotopic (exact) mass is 329 g/mol. The molecule has 0 saturated carbocycles. The first kappa shape index (κ1) is 15.4. The molecule has 23 heavy (non-hydrogen) atoms. The van der Waals surface area contributed by atoms with Gasteiger partial charge in [0.15, 0.2) is 5.13 Å². The lowest BCUT2D eigenvalue weighted by Crippen LogP contribution is -2.32. The number of thiazole rings is 1. The van der Waals surface area contributed by atoms with E-state index < -0.39 is 0 Å². The van der Waals surface area contributed by atoms with Crippen LogP contribution in [0.25, 0.3) is 11.3 Å². The van der Waals surface area contributed by atoms with E-state index in [1.165, 1.54) is 11.3 Å². The summed E-state index contributed by atoms with van der Waals surface area (Å²) in [6.45, 7) is 0.125. The molecule has 0 radical (unpaired) electrons. The molecule has 6 nitrogen and oxygen atoms in total. The van der Waals surface area contributed by atoms with Crippen molar-refractivity contribution in [2.24, 2.45) is 0 Å². The van der Waals surface area contributed by atoms with Gasteiger partial charge in [-0.25, -0.2) is 4.98 Å². The van der Waals surface area contributed by atoms with E-state index >= 15 is 0 Å². The van der Waals surface area contributed by atoms with E-state index in [9.17, 15) is 14.4 Å². The molecule has 1 aromatic heterocycles. The van der Waals surface area contributed by atoms with Gasteiger partial charge in [0.25, 0.3) is 0 Å². The quantitative estimate of drug-likeness (QED) is 0.854. The molecular formula is C16H15N3O3S. The third-order valence-corrected chi connectivity index (χ3v) is 4.30. The lowest BCUT2D eigenvalue weighted by Gasteiger charge is -2.12. The van der Waals surface area contributed by atoms with Crippen LogP contribution in [-0.4, -0.2) is 34.2 Å². The first-order valence-electron chi connectivity index (χ1n) is 7.27. The van der Waals surface area contributed by atoms with Crippen LogP contribution >= 0.6 is 11.3 Å². The van der Waals surface area contributed by atoms with Gasteiger partial charge in [-0.15, -0.1) is 11.3 Å². The van der Waals surface area contributed by atoms with Gasteiger partial charge in [-0.2, -0.15) is 0 Å². The van der Waals surface area contributed by atoms with Gasteiger partial charge in [0, 0.05) is 36.8 Å². The first-order valence-corrected chi connectivity index (χ1v) is 8.15. The number of aromatic nitrogens is 1. The zero-order valence-electron chi connectivity index (χ0n) is 12.3. The fourth-order valence-electron chi connectivity index (χ4n) is 2.34. The van der Waals surface area contributed by atoms with Crippen LogP contribution in [0.5, 0.6) is 0 Å². The maximum Gasteiger partial charge on any atom is 0.229 e. The van der Waals surface area contributed by atoms with E-state index in [-0.39, 0.29) is 43.5 Å². The van der Waals surface area contributed by atoms with Crippen LogP contribution in [0.15, 0.2) is 35.7 Å². The zero-order valence-corrected chi connectivity index (χ0v) is 13.1. The molecule has 1 fully saturated rings. The number of imide groups is 1. The van der Waals surface area contributed by atoms with Gasteiger partial charge in [-0.1, -0.05) is 30.3 Å². The normalized spacial score (nSPS) is 14.3. The maximum absolute atomic E-state index is 11.9. The summed E-state index contributed by atoms with van der Waals surface area (Å²) in [6.07, 6.45) is 0.568. The molecule has 2 aromatic rings. The van der Waals surface area contributed by atoms with Crippen LogP contribution in [-0.2, 0) is 14.4 Å². The van der Waals surface area contributed by atoms with Crippen molar-refractivity contribution in [2.45, 2.75) is 19.3 Å². The van der Waals surface area contributed by atoms with E-state index in [1.807, 2.05) is 35.7 Å². The van der Waals surface area contributed by atoms with E-state index in [2.05, 4.69) is 10.3 Å². The van der Waals surface area contributed by atoms with Crippen molar-refractivity contribution < 1.29 is 14.4 Å². The molecule has 0 aliphatic carbocycles. The minimum atomic E-state index is -0.258. The molecule has 1 aliphatic rings. The van der Waals surface area contributed by atoms with Gasteiger partial charge in [0.1, 0.15) is 0 Å². The fraction of sp³-hybridized carbons (Fsp3) is 0.250. The predicted molar refractivity (Wildman–Crippen MR) is 86.8 cm³/mol. The molecule has 1 saturated heterocycles. The minimum Gasteiger partial charge on any atom is -0.302 e. The second kappa shape index (κ2) is 6.70. The van der Waals surface area contributed by atoms with Gasteiger partial charge < -0.3 is 5.32 Å². The number of amides is 3. The number of nitrogens with one attached hydrogen (secondary N) is 1. The lowest BCUT2D eigenvalue weighted by molar-refractivity contribution is -0.138. The number of likely N-dealkylation sites (tertiary alicyclic amines) is 1. The van der Waals surface area contributed by atoms with Gasteiger partial charge in [0.05, 0.1) is 5.69 Å². The molecule has 118 valence electrons. The van der Waals surface area contributed by atoms with Crippen molar-refractivity contribution in [1.29, 1.82) is 0 Å². The van der Waals surface area contributed by atoms with Gasteiger partial charge in [0.2, 0.25) is 17.7 Å². The summed E-state index contributed by atoms with van der Waals surface area (Å²) < 4.78 is 0. The molecule has 3 rings (SSSR count). The maximum atomic E-state index is 11.9. The molecule has 0 spiro atoms. The van der Waals surface area contributed by atoms with E-state index in [0.29, 0.717) is 5.13 Å². The second-order valence-electron chi connectivity index (χ2n) is 5.14. The summed E-state index contributed by atoms with van der Waals surface area (Å²) >= 11 is 1.34. The van der Waals surface area contributed by atoms with Crippen LogP contribution < -0.4 is 5.32 Å². The Labute approximate surface area is 137 Å². The third-order valence-electron chi connectivity index (χ3n) is 3.54. The van der Waals surface area contributed by atoms with Crippen molar-refractivity contribution in [3.8, 4) is 11.3 Å². The van der Waals surface area contributed by atoms with Crippen molar-refractivity contribution in [1.82, 2.24) is 9.88 Å². The van der Waals surface area contributed by atoms with Crippen molar-refractivity contribution in [3.05, 3.63) is 35.7 Å². The summed E-state index contributed by atoms with van der Waals surface area (Å²) in [5, 5.41) is 5.09. The summed E-state index contributed by atoms with van der Waals surface area (Å²) in [5.41, 5.74) is 1.79. The average molecular weight is 329 g/mol. The Kier molecular flexibility index (Phi) is 4.47. The summed E-state index contributed by atoms with van der Waals surface area (Å²) in [6, 6.07) is 9.68. The Morgan fingerprint density at radius 3 is 2.57 bits per heavy atom. The van der Waals surface area contributed by atoms with Crippen LogP contribution in [0.4, 0.5) is 5.13 Å². The Morgan fingerprint density at radius 1 is 1.17 bits per heavy atom. The third kappa shape index (κ3) is 3.62. The Morgan fingerprint density at radius 2 is 1.87 bits per heavy atom. The number of rotatable bonds is 5. The van der Waals surface area contributed by atoms with E-state index in [4.69, 9.17) is 0 Å². The second-order valence-corrected chi connectivity index (χ2v) is 6.00. The molecule has 3 amide bonds. The SMILES string of the molecule is O=C(CCN1C(=O)CCC1=O)Nc1nc(-c2ccccc2)cs1. The highest BCUT2D eigenvalue weighted by Gasteiger charge is 2.28. The fourth-order valence-corrected chi connectivity index (χ4v) is 3.08. The van der Waals surface area contributed by atoms with E-state index in [0.717, 1.165) is 16.2 Å². The Bertz CT molecular complexity index is 726. The number of carbonyl (C=O) groups is 3. The standard InChI is InChI=1S/C16H15N3O3S/c20-13(8-9-19-14(21)6-7-15(19)22)18-16-17-12(10-23-16)11-4-2-1-3-5-11/h1-5,10H,6-9H2,(H,17,18,20). The minimum absolute atomic E-state index is 0.0811. The van der Waals surface area contributed by atoms with Crippen LogP contribution in [0.2, 0.25) is 0 Å². The first-order chi connectivity index (χ1) is 11.1. The largest absolute Gasteiger partial charge is 0.302 e. The van der Waals surface area contributed by atoms with Crippen molar-refractivity contribution in [2.75, 3.05) is 11.9 Å². The summed E-state index contributed by atoms with van der Waals surface area (Å²) in [4.78, 5) is 40.4. The van der Waals surface area contributed by atoms with Crippen LogP contribution in [0.1, 0.15) is 19.3 Å². The molecular weight excluding hydrogens is 314 g/mol. The highest BCUT2D eigenvalue weighted by Crippen LogP contribution is 2.24. The molecule has 0 unspecified atom stereocenters. The number of carbonyl (C=O) groups excluding carboxylic acids is 3. The number of benzene rings is 1. The van der Waals surface area contributed by atoms with Gasteiger partial charge in [-0.3, -0.25) is 19.3 Å². The average Bonchev–Trinajstić information content (AvgIpc) is 3.14. The predicted octanol–water partition coefficient (Wildman–Crippen LogP) is 2.29. The lowest BCUT2D eigenvalue weighted by atomic mass is 10.2. The number of anilines is 1. The molecule has 1 N–H and O–H groups in total. The highest BCUT2D eigenvalue weighted by molar-refractivity contribution is 7.14. The summed E-state index contributed by atoms with van der Waals surface area (Å²) in [7, 11) is 0. The molecule has 2 heterocycles. The Balaban J connectivity index is 1.55. The molecule has 1 aromatic carbocycles. The highest BCUT2D eigenvalue weighted by atomic mass is 32.1. The molecule has 1 aliphatic heterocycles.